The van der Waals surface area contributed by atoms with Crippen molar-refractivity contribution in [3.8, 4) is 5.88 Å². The van der Waals surface area contributed by atoms with Crippen LogP contribution in [0.2, 0.25) is 0 Å². The van der Waals surface area contributed by atoms with Crippen molar-refractivity contribution in [2.45, 2.75) is 45.3 Å². The highest BCUT2D eigenvalue weighted by molar-refractivity contribution is 5.28. The molecule has 1 N–H and O–H groups in total. The molecule has 4 nitrogen and oxygen atoms in total. The van der Waals surface area contributed by atoms with Crippen molar-refractivity contribution in [1.82, 2.24) is 10.3 Å². The van der Waals surface area contributed by atoms with Gasteiger partial charge in [0, 0.05) is 24.4 Å². The fourth-order valence-electron chi connectivity index (χ4n) is 2.09. The molecule has 0 radical (unpaired) electrons. The molecule has 4 heteroatoms. The number of hydrogen-bond donors (Lipinski definition) is 1. The number of aromatic nitrogens is 1. The first-order chi connectivity index (χ1) is 8.99. The highest BCUT2D eigenvalue weighted by Gasteiger charge is 2.21. The summed E-state index contributed by atoms with van der Waals surface area (Å²) in [6.45, 7) is 8.78. The molecule has 1 fully saturated rings. The van der Waals surface area contributed by atoms with Crippen molar-refractivity contribution in [2.75, 3.05) is 20.3 Å². The first-order valence-electron chi connectivity index (χ1n) is 6.89. The van der Waals surface area contributed by atoms with Gasteiger partial charge in [-0.3, -0.25) is 0 Å². The van der Waals surface area contributed by atoms with Crippen LogP contribution in [0.4, 0.5) is 0 Å². The molecule has 0 saturated carbocycles. The van der Waals surface area contributed by atoms with Crippen LogP contribution < -0.4 is 10.1 Å². The molecular weight excluding hydrogens is 240 g/mol. The number of nitrogens with zero attached hydrogens (tertiary/aromatic N) is 1. The molecule has 19 heavy (non-hydrogen) atoms. The summed E-state index contributed by atoms with van der Waals surface area (Å²) >= 11 is 0. The molecule has 1 saturated heterocycles. The second-order valence-electron chi connectivity index (χ2n) is 6.08. The monoisotopic (exact) mass is 264 g/mol. The van der Waals surface area contributed by atoms with Crippen LogP contribution in [-0.2, 0) is 16.7 Å². The lowest BCUT2D eigenvalue weighted by atomic mass is 9.91. The van der Waals surface area contributed by atoms with Crippen LogP contribution in [0.1, 0.15) is 38.4 Å². The average molecular weight is 264 g/mol. The quantitative estimate of drug-likeness (QED) is 0.906. The molecule has 1 aliphatic rings. The fraction of sp³-hybridized carbons (Fsp3) is 0.667. The third-order valence-electron chi connectivity index (χ3n) is 3.19. The molecule has 0 aliphatic carbocycles. The van der Waals surface area contributed by atoms with Gasteiger partial charge in [-0.2, -0.15) is 0 Å². The minimum atomic E-state index is 0.0219. The Bertz CT molecular complexity index is 421. The Morgan fingerprint density at radius 3 is 2.79 bits per heavy atom. The van der Waals surface area contributed by atoms with E-state index in [1.807, 2.05) is 13.1 Å². The Morgan fingerprint density at radius 1 is 1.42 bits per heavy atom. The van der Waals surface area contributed by atoms with Gasteiger partial charge in [-0.05, 0) is 18.7 Å². The minimum Gasteiger partial charge on any atom is -0.472 e. The standard InChI is InChI=1S/C15H24N2O2/c1-15(2,3)13-7-11(9-16-4)8-14(17-13)19-12-5-6-18-10-12/h7-8,12,16H,5-6,9-10H2,1-4H3. The molecule has 2 rings (SSSR count). The van der Waals surface area contributed by atoms with E-state index in [1.54, 1.807) is 0 Å². The second-order valence-corrected chi connectivity index (χ2v) is 6.08. The second kappa shape index (κ2) is 5.88. The van der Waals surface area contributed by atoms with Gasteiger partial charge in [-0.1, -0.05) is 20.8 Å². The molecule has 2 heterocycles. The first-order valence-corrected chi connectivity index (χ1v) is 6.89. The van der Waals surface area contributed by atoms with E-state index in [4.69, 9.17) is 9.47 Å². The van der Waals surface area contributed by atoms with Gasteiger partial charge in [-0.15, -0.1) is 0 Å². The SMILES string of the molecule is CNCc1cc(OC2CCOC2)nc(C(C)(C)C)c1. The predicted molar refractivity (Wildman–Crippen MR) is 75.6 cm³/mol. The normalized spacial score (nSPS) is 19.7. The largest absolute Gasteiger partial charge is 0.472 e. The van der Waals surface area contributed by atoms with Gasteiger partial charge in [0.05, 0.1) is 18.9 Å². The summed E-state index contributed by atoms with van der Waals surface area (Å²) in [5.74, 6) is 0.716. The zero-order valence-corrected chi connectivity index (χ0v) is 12.3. The third-order valence-corrected chi connectivity index (χ3v) is 3.19. The summed E-state index contributed by atoms with van der Waals surface area (Å²) < 4.78 is 11.3. The highest BCUT2D eigenvalue weighted by atomic mass is 16.5. The van der Waals surface area contributed by atoms with Crippen LogP contribution in [0.3, 0.4) is 0 Å². The molecular formula is C15H24N2O2. The van der Waals surface area contributed by atoms with E-state index < -0.39 is 0 Å². The molecule has 1 aromatic rings. The fourth-order valence-corrected chi connectivity index (χ4v) is 2.09. The summed E-state index contributed by atoms with van der Waals surface area (Å²) in [7, 11) is 1.95. The number of rotatable bonds is 4. The van der Waals surface area contributed by atoms with E-state index in [-0.39, 0.29) is 11.5 Å². The van der Waals surface area contributed by atoms with Gasteiger partial charge in [0.1, 0.15) is 6.10 Å². The molecule has 0 bridgehead atoms. The Hall–Kier alpha value is -1.13. The number of ether oxygens (including phenoxy) is 2. The zero-order chi connectivity index (χ0) is 13.9. The van der Waals surface area contributed by atoms with E-state index in [9.17, 15) is 0 Å². The number of nitrogens with one attached hydrogen (secondary N) is 1. The molecule has 1 aromatic heterocycles. The smallest absolute Gasteiger partial charge is 0.214 e. The molecule has 0 amide bonds. The van der Waals surface area contributed by atoms with E-state index in [0.29, 0.717) is 12.5 Å². The maximum Gasteiger partial charge on any atom is 0.214 e. The predicted octanol–water partition coefficient (Wildman–Crippen LogP) is 2.27. The Kier molecular flexibility index (Phi) is 4.42. The van der Waals surface area contributed by atoms with E-state index in [0.717, 1.165) is 25.3 Å². The molecule has 1 atom stereocenters. The van der Waals surface area contributed by atoms with E-state index in [1.165, 1.54) is 5.56 Å². The lowest BCUT2D eigenvalue weighted by Gasteiger charge is -2.21. The van der Waals surface area contributed by atoms with E-state index in [2.05, 4.69) is 37.1 Å². The van der Waals surface area contributed by atoms with Crippen molar-refractivity contribution in [3.05, 3.63) is 23.4 Å². The van der Waals surface area contributed by atoms with E-state index >= 15 is 0 Å². The number of pyridine rings is 1. The first kappa shape index (κ1) is 14.3. The van der Waals surface area contributed by atoms with Gasteiger partial charge < -0.3 is 14.8 Å². The van der Waals surface area contributed by atoms with Crippen molar-refractivity contribution in [1.29, 1.82) is 0 Å². The van der Waals surface area contributed by atoms with Gasteiger partial charge in [0.2, 0.25) is 5.88 Å². The van der Waals surface area contributed by atoms with Crippen LogP contribution in [0, 0.1) is 0 Å². The van der Waals surface area contributed by atoms with Crippen molar-refractivity contribution < 1.29 is 9.47 Å². The topological polar surface area (TPSA) is 43.4 Å². The van der Waals surface area contributed by atoms with Gasteiger partial charge in [0.15, 0.2) is 0 Å². The van der Waals surface area contributed by atoms with Crippen LogP contribution in [0.15, 0.2) is 12.1 Å². The Labute approximate surface area is 115 Å². The van der Waals surface area contributed by atoms with Crippen LogP contribution >= 0.6 is 0 Å². The van der Waals surface area contributed by atoms with Crippen molar-refractivity contribution >= 4 is 0 Å². The lowest BCUT2D eigenvalue weighted by Crippen LogP contribution is -2.20. The third kappa shape index (κ3) is 3.91. The molecule has 1 aliphatic heterocycles. The molecule has 0 aromatic carbocycles. The van der Waals surface area contributed by atoms with Crippen LogP contribution in [0.25, 0.3) is 0 Å². The molecule has 0 spiro atoms. The van der Waals surface area contributed by atoms with Gasteiger partial charge in [-0.25, -0.2) is 4.98 Å². The average Bonchev–Trinajstić information content (AvgIpc) is 2.81. The van der Waals surface area contributed by atoms with Gasteiger partial charge >= 0.3 is 0 Å². The van der Waals surface area contributed by atoms with Crippen molar-refractivity contribution in [3.63, 3.8) is 0 Å². The summed E-state index contributed by atoms with van der Waals surface area (Å²) in [5.41, 5.74) is 2.29. The lowest BCUT2D eigenvalue weighted by molar-refractivity contribution is 0.137. The summed E-state index contributed by atoms with van der Waals surface area (Å²) in [5, 5.41) is 3.18. The molecule has 1 unspecified atom stereocenters. The highest BCUT2D eigenvalue weighted by Crippen LogP contribution is 2.25. The number of hydrogen-bond acceptors (Lipinski definition) is 4. The van der Waals surface area contributed by atoms with Gasteiger partial charge in [0.25, 0.3) is 0 Å². The summed E-state index contributed by atoms with van der Waals surface area (Å²) in [4.78, 5) is 4.64. The van der Waals surface area contributed by atoms with Crippen molar-refractivity contribution in [2.24, 2.45) is 0 Å². The minimum absolute atomic E-state index is 0.0219. The summed E-state index contributed by atoms with van der Waals surface area (Å²) in [6, 6.07) is 4.17. The summed E-state index contributed by atoms with van der Waals surface area (Å²) in [6.07, 6.45) is 1.09. The van der Waals surface area contributed by atoms with Crippen LogP contribution in [-0.4, -0.2) is 31.3 Å². The van der Waals surface area contributed by atoms with Crippen LogP contribution in [0.5, 0.6) is 5.88 Å². The Morgan fingerprint density at radius 2 is 2.21 bits per heavy atom. The maximum atomic E-state index is 5.93. The molecule has 106 valence electrons. The maximum absolute atomic E-state index is 5.93. The zero-order valence-electron chi connectivity index (χ0n) is 12.3. The Balaban J connectivity index is 2.22.